The van der Waals surface area contributed by atoms with Crippen LogP contribution >= 0.6 is 21.6 Å². The second kappa shape index (κ2) is 11.0. The summed E-state index contributed by atoms with van der Waals surface area (Å²) >= 11 is 0. The Balaban J connectivity index is 1.20. The Hall–Kier alpha value is -0.0800. The van der Waals surface area contributed by atoms with E-state index in [2.05, 4.69) is 80.5 Å². The molecule has 8 atom stereocenters. The van der Waals surface area contributed by atoms with Crippen LogP contribution in [-0.2, 0) is 0 Å². The fourth-order valence-electron chi connectivity index (χ4n) is 9.54. The highest BCUT2D eigenvalue weighted by molar-refractivity contribution is 8.77. The van der Waals surface area contributed by atoms with E-state index in [1.165, 1.54) is 82.8 Å². The number of hydrogen-bond acceptors (Lipinski definition) is 2. The molecule has 0 aromatic rings. The Morgan fingerprint density at radius 3 is 2.63 bits per heavy atom. The summed E-state index contributed by atoms with van der Waals surface area (Å²) in [6, 6.07) is 0. The van der Waals surface area contributed by atoms with Crippen LogP contribution < -0.4 is 0 Å². The third-order valence-electron chi connectivity index (χ3n) is 11.6. The molecular formula is C33H52S2. The van der Waals surface area contributed by atoms with Gasteiger partial charge in [0, 0.05) is 11.0 Å². The summed E-state index contributed by atoms with van der Waals surface area (Å²) in [7, 11) is 4.32. The predicted octanol–water partition coefficient (Wildman–Crippen LogP) is 10.7. The minimum absolute atomic E-state index is 0.505. The Kier molecular flexibility index (Phi) is 8.30. The monoisotopic (exact) mass is 512 g/mol. The highest BCUT2D eigenvalue weighted by Crippen LogP contribution is 2.67. The van der Waals surface area contributed by atoms with Crippen molar-refractivity contribution in [3.63, 3.8) is 0 Å². The van der Waals surface area contributed by atoms with E-state index in [0.717, 1.165) is 40.8 Å². The van der Waals surface area contributed by atoms with Gasteiger partial charge >= 0.3 is 0 Å². The summed E-state index contributed by atoms with van der Waals surface area (Å²) in [6.07, 6.45) is 26.8. The first-order chi connectivity index (χ1) is 16.8. The van der Waals surface area contributed by atoms with Crippen molar-refractivity contribution < 1.29 is 0 Å². The standard InChI is InChI=1S/C33H52S2/c1-23(2)9-8-10-24(3)29-15-16-30-28-14-13-26-21-27(35-34-22-25-11-6-7-12-25)17-19-32(26,4)31(28)18-20-33(29,30)5/h6-7,11,13,23-24,27-31H,8-10,12,14-22H2,1-5H3. The molecule has 0 spiro atoms. The van der Waals surface area contributed by atoms with Crippen molar-refractivity contribution in [2.75, 3.05) is 5.75 Å². The third kappa shape index (κ3) is 5.28. The topological polar surface area (TPSA) is 0 Å². The Bertz CT molecular complexity index is 836. The first kappa shape index (κ1) is 26.5. The summed E-state index contributed by atoms with van der Waals surface area (Å²) in [6.45, 7) is 12.8. The SMILES string of the molecule is CC(C)CCCC(C)C1CCC2C3CC=C4CC(SSCC5=CC=CC5)CCC4(C)C3CCC12C. The van der Waals surface area contributed by atoms with E-state index in [9.17, 15) is 0 Å². The van der Waals surface area contributed by atoms with Gasteiger partial charge in [-0.25, -0.2) is 0 Å². The van der Waals surface area contributed by atoms with E-state index in [-0.39, 0.29) is 0 Å². The van der Waals surface area contributed by atoms with Crippen LogP contribution in [0.25, 0.3) is 0 Å². The number of hydrogen-bond donors (Lipinski definition) is 0. The summed E-state index contributed by atoms with van der Waals surface area (Å²) in [5, 5.41) is 0.835. The molecule has 8 unspecified atom stereocenters. The van der Waals surface area contributed by atoms with Gasteiger partial charge in [0.25, 0.3) is 0 Å². The van der Waals surface area contributed by atoms with Gasteiger partial charge in [0.15, 0.2) is 0 Å². The summed E-state index contributed by atoms with van der Waals surface area (Å²) < 4.78 is 0. The van der Waals surface area contributed by atoms with Crippen LogP contribution in [-0.4, -0.2) is 11.0 Å². The van der Waals surface area contributed by atoms with Crippen LogP contribution in [0.15, 0.2) is 35.5 Å². The van der Waals surface area contributed by atoms with E-state index in [1.54, 1.807) is 5.57 Å². The molecule has 5 rings (SSSR count). The molecule has 196 valence electrons. The summed E-state index contributed by atoms with van der Waals surface area (Å²) in [5.74, 6) is 6.90. The predicted molar refractivity (Wildman–Crippen MR) is 159 cm³/mol. The molecule has 35 heavy (non-hydrogen) atoms. The van der Waals surface area contributed by atoms with Gasteiger partial charge in [-0.15, -0.1) is 0 Å². The molecule has 2 heteroatoms. The Morgan fingerprint density at radius 1 is 1.00 bits per heavy atom. The van der Waals surface area contributed by atoms with Crippen LogP contribution in [0.4, 0.5) is 0 Å². The molecule has 0 bridgehead atoms. The maximum absolute atomic E-state index is 2.78. The summed E-state index contributed by atoms with van der Waals surface area (Å²) in [5.41, 5.74) is 4.60. The van der Waals surface area contributed by atoms with Crippen molar-refractivity contribution in [3.8, 4) is 0 Å². The van der Waals surface area contributed by atoms with Crippen molar-refractivity contribution in [2.24, 2.45) is 46.3 Å². The van der Waals surface area contributed by atoms with Gasteiger partial charge < -0.3 is 0 Å². The second-order valence-corrected chi connectivity index (χ2v) is 16.6. The third-order valence-corrected chi connectivity index (χ3v) is 14.4. The molecule has 5 aliphatic carbocycles. The zero-order valence-corrected chi connectivity index (χ0v) is 25.0. The van der Waals surface area contributed by atoms with Crippen molar-refractivity contribution in [1.29, 1.82) is 0 Å². The van der Waals surface area contributed by atoms with Gasteiger partial charge in [-0.3, -0.25) is 0 Å². The molecule has 0 aliphatic heterocycles. The van der Waals surface area contributed by atoms with Crippen molar-refractivity contribution in [1.82, 2.24) is 0 Å². The lowest BCUT2D eigenvalue weighted by Crippen LogP contribution is -2.50. The van der Waals surface area contributed by atoms with E-state index in [4.69, 9.17) is 0 Å². The van der Waals surface area contributed by atoms with Crippen LogP contribution in [0.5, 0.6) is 0 Å². The van der Waals surface area contributed by atoms with Gasteiger partial charge in [0.1, 0.15) is 0 Å². The van der Waals surface area contributed by atoms with E-state index in [0.29, 0.717) is 10.8 Å². The molecule has 0 amide bonds. The number of fused-ring (bicyclic) bond motifs is 5. The zero-order chi connectivity index (χ0) is 24.6. The quantitative estimate of drug-likeness (QED) is 0.222. The lowest BCUT2D eigenvalue weighted by molar-refractivity contribution is -0.0497. The molecule has 0 saturated heterocycles. The van der Waals surface area contributed by atoms with Crippen molar-refractivity contribution in [3.05, 3.63) is 35.5 Å². The average Bonchev–Trinajstić information content (AvgIpc) is 3.46. The maximum Gasteiger partial charge on any atom is 0.0253 e. The molecule has 0 aromatic heterocycles. The maximum atomic E-state index is 2.78. The van der Waals surface area contributed by atoms with Crippen molar-refractivity contribution >= 4 is 21.6 Å². The highest BCUT2D eigenvalue weighted by atomic mass is 33.1. The van der Waals surface area contributed by atoms with Gasteiger partial charge in [-0.1, -0.05) is 111 Å². The van der Waals surface area contributed by atoms with E-state index < -0.39 is 0 Å². The van der Waals surface area contributed by atoms with E-state index in [1.807, 2.05) is 5.57 Å². The smallest absolute Gasteiger partial charge is 0.0253 e. The fourth-order valence-corrected chi connectivity index (χ4v) is 12.4. The largest absolute Gasteiger partial charge is 0.0901 e. The summed E-state index contributed by atoms with van der Waals surface area (Å²) in [4.78, 5) is 0. The number of rotatable bonds is 9. The molecule has 0 radical (unpaired) electrons. The van der Waals surface area contributed by atoms with Gasteiger partial charge in [0.2, 0.25) is 0 Å². The lowest BCUT2D eigenvalue weighted by Gasteiger charge is -2.58. The molecule has 3 fully saturated rings. The lowest BCUT2D eigenvalue weighted by atomic mass is 9.47. The van der Waals surface area contributed by atoms with Crippen LogP contribution in [0.1, 0.15) is 112 Å². The Labute approximate surface area is 225 Å². The second-order valence-electron chi connectivity index (χ2n) is 14.0. The minimum Gasteiger partial charge on any atom is -0.0901 e. The van der Waals surface area contributed by atoms with Crippen LogP contribution in [0.3, 0.4) is 0 Å². The van der Waals surface area contributed by atoms with E-state index >= 15 is 0 Å². The molecule has 0 aromatic carbocycles. The van der Waals surface area contributed by atoms with Gasteiger partial charge in [-0.2, -0.15) is 0 Å². The molecule has 5 aliphatic rings. The minimum atomic E-state index is 0.505. The highest BCUT2D eigenvalue weighted by Gasteiger charge is 2.59. The first-order valence-corrected chi connectivity index (χ1v) is 17.5. The van der Waals surface area contributed by atoms with Crippen molar-refractivity contribution in [2.45, 2.75) is 117 Å². The molecule has 0 nitrogen and oxygen atoms in total. The average molecular weight is 513 g/mol. The molecule has 0 heterocycles. The normalized spacial score (nSPS) is 41.3. The Morgan fingerprint density at radius 2 is 1.86 bits per heavy atom. The molecular weight excluding hydrogens is 460 g/mol. The fraction of sp³-hybridized carbons (Fsp3) is 0.818. The molecule has 3 saturated carbocycles. The zero-order valence-electron chi connectivity index (χ0n) is 23.4. The number of allylic oxidation sites excluding steroid dienone is 5. The van der Waals surface area contributed by atoms with Crippen LogP contribution in [0, 0.1) is 46.3 Å². The molecule has 0 N–H and O–H groups in total. The van der Waals surface area contributed by atoms with Crippen LogP contribution in [0.2, 0.25) is 0 Å². The van der Waals surface area contributed by atoms with Gasteiger partial charge in [-0.05, 0) is 104 Å². The first-order valence-electron chi connectivity index (χ1n) is 15.1. The van der Waals surface area contributed by atoms with Gasteiger partial charge in [0.05, 0.1) is 0 Å².